The summed E-state index contributed by atoms with van der Waals surface area (Å²) in [4.78, 5) is 0. The maximum Gasteiger partial charge on any atom is -0.00139 e. The molecule has 0 aromatic heterocycles. The number of hydrogen-bond acceptors (Lipinski definition) is 0. The maximum atomic E-state index is 2.42. The Bertz CT molecular complexity index is 4620. The molecule has 0 saturated carbocycles. The van der Waals surface area contributed by atoms with Crippen molar-refractivity contribution in [1.82, 2.24) is 0 Å². The summed E-state index contributed by atoms with van der Waals surface area (Å²) in [6.07, 6.45) is 0. The van der Waals surface area contributed by atoms with E-state index in [1.54, 1.807) is 0 Å². The molecule has 0 fully saturated rings. The molecule has 15 rings (SSSR count). The van der Waals surface area contributed by atoms with Gasteiger partial charge in [-0.2, -0.15) is 0 Å². The highest BCUT2D eigenvalue weighted by Crippen LogP contribution is 2.52. The van der Waals surface area contributed by atoms with Gasteiger partial charge >= 0.3 is 0 Å². The Morgan fingerprint density at radius 2 is 0.432 bits per heavy atom. The third kappa shape index (κ3) is 6.48. The Kier molecular flexibility index (Phi) is 9.68. The summed E-state index contributed by atoms with van der Waals surface area (Å²) in [5.74, 6) is 0. The first-order valence-corrected chi connectivity index (χ1v) is 25.7. The molecule has 0 heteroatoms. The lowest BCUT2D eigenvalue weighted by Gasteiger charge is -2.23. The van der Waals surface area contributed by atoms with Gasteiger partial charge in [0.25, 0.3) is 0 Å². The lowest BCUT2D eigenvalue weighted by Crippen LogP contribution is -1.95. The van der Waals surface area contributed by atoms with Gasteiger partial charge in [-0.15, -0.1) is 0 Å². The molecule has 0 aliphatic heterocycles. The zero-order chi connectivity index (χ0) is 48.7. The van der Waals surface area contributed by atoms with Crippen molar-refractivity contribution in [2.75, 3.05) is 0 Å². The normalized spacial score (nSPS) is 11.8. The molecule has 0 amide bonds. The summed E-state index contributed by atoms with van der Waals surface area (Å²) >= 11 is 0. The van der Waals surface area contributed by atoms with Gasteiger partial charge in [0.05, 0.1) is 0 Å². The molecule has 74 heavy (non-hydrogen) atoms. The largest absolute Gasteiger partial charge is 0.0622 e. The van der Waals surface area contributed by atoms with Gasteiger partial charge < -0.3 is 0 Å². The molecular formula is C74H46. The SMILES string of the molecule is c1ccc(-c2ccc3c(-c4ccc(-c5c6ccccc6c(-c6c7ccccc7c(-c7cc8ccccc8c8ccccc78)c7ccccc67)c6ccccc56)cc4)c4ccccc4c(-c4ccccc4)c3c2)cc1. The predicted octanol–water partition coefficient (Wildman–Crippen LogP) is 20.9. The number of hydrogen-bond donors (Lipinski definition) is 0. The zero-order valence-electron chi connectivity index (χ0n) is 40.6. The second kappa shape index (κ2) is 17.0. The summed E-state index contributed by atoms with van der Waals surface area (Å²) < 4.78 is 0. The predicted molar refractivity (Wildman–Crippen MR) is 319 cm³/mol. The van der Waals surface area contributed by atoms with Crippen molar-refractivity contribution in [1.29, 1.82) is 0 Å². The second-order valence-corrected chi connectivity index (χ2v) is 19.7. The second-order valence-electron chi connectivity index (χ2n) is 19.7. The molecule has 0 spiro atoms. The van der Waals surface area contributed by atoms with E-state index in [4.69, 9.17) is 0 Å². The van der Waals surface area contributed by atoms with Crippen LogP contribution in [0, 0.1) is 0 Å². The quantitative estimate of drug-likeness (QED) is 0.115. The van der Waals surface area contributed by atoms with Gasteiger partial charge in [-0.25, -0.2) is 0 Å². The molecule has 0 radical (unpaired) electrons. The summed E-state index contributed by atoms with van der Waals surface area (Å²) in [7, 11) is 0. The molecular weight excluding hydrogens is 889 g/mol. The monoisotopic (exact) mass is 934 g/mol. The average Bonchev–Trinajstić information content (AvgIpc) is 3.48. The van der Waals surface area contributed by atoms with Gasteiger partial charge in [0.2, 0.25) is 0 Å². The van der Waals surface area contributed by atoms with Crippen LogP contribution in [0.25, 0.3) is 153 Å². The van der Waals surface area contributed by atoms with Crippen molar-refractivity contribution in [2.24, 2.45) is 0 Å². The van der Waals surface area contributed by atoms with Crippen LogP contribution in [-0.2, 0) is 0 Å². The van der Waals surface area contributed by atoms with E-state index in [0.29, 0.717) is 0 Å². The first kappa shape index (κ1) is 42.1. The van der Waals surface area contributed by atoms with E-state index in [2.05, 4.69) is 279 Å². The minimum Gasteiger partial charge on any atom is -0.0622 e. The van der Waals surface area contributed by atoms with Crippen LogP contribution in [0.4, 0.5) is 0 Å². The summed E-state index contributed by atoms with van der Waals surface area (Å²) in [6, 6.07) is 104. The van der Waals surface area contributed by atoms with Crippen LogP contribution in [0.3, 0.4) is 0 Å². The van der Waals surface area contributed by atoms with E-state index in [9.17, 15) is 0 Å². The van der Waals surface area contributed by atoms with Gasteiger partial charge in [-0.05, 0) is 165 Å². The standard InChI is InChI=1S/C74H46/c1-3-21-47(22-4-1)51-43-44-66-68(45-51)71(48-23-5-2-6-24-48)57-30-12-11-29-56(57)70(66)50-41-39-49(40-42-50)69-58-31-13-17-35-62(58)73(63-36-18-14-32-59(63)69)74-64-37-19-15-33-60(64)72(61-34-16-20-38-65(61)74)67-46-52-25-7-8-26-53(52)54-27-9-10-28-55(54)67/h1-46H. The lowest BCUT2D eigenvalue weighted by atomic mass is 9.80. The molecule has 0 bridgehead atoms. The van der Waals surface area contributed by atoms with Crippen LogP contribution < -0.4 is 0 Å². The molecule has 342 valence electrons. The van der Waals surface area contributed by atoms with Crippen molar-refractivity contribution in [3.8, 4) is 66.8 Å². The van der Waals surface area contributed by atoms with E-state index in [0.717, 1.165) is 0 Å². The van der Waals surface area contributed by atoms with Crippen molar-refractivity contribution >= 4 is 86.2 Å². The zero-order valence-corrected chi connectivity index (χ0v) is 40.6. The Balaban J connectivity index is 0.956. The fourth-order valence-electron chi connectivity index (χ4n) is 12.7. The Labute approximate surface area is 429 Å². The van der Waals surface area contributed by atoms with Gasteiger partial charge in [0.1, 0.15) is 0 Å². The first-order valence-electron chi connectivity index (χ1n) is 25.7. The molecule has 0 nitrogen and oxygen atoms in total. The van der Waals surface area contributed by atoms with Crippen LogP contribution in [0.1, 0.15) is 0 Å². The van der Waals surface area contributed by atoms with Crippen LogP contribution in [0.15, 0.2) is 279 Å². The number of rotatable bonds is 6. The van der Waals surface area contributed by atoms with Crippen molar-refractivity contribution in [3.05, 3.63) is 279 Å². The van der Waals surface area contributed by atoms with Crippen molar-refractivity contribution in [2.45, 2.75) is 0 Å². The summed E-state index contributed by atoms with van der Waals surface area (Å²) in [5.41, 5.74) is 14.9. The van der Waals surface area contributed by atoms with Crippen LogP contribution in [-0.4, -0.2) is 0 Å². The third-order valence-corrected chi connectivity index (χ3v) is 15.8. The van der Waals surface area contributed by atoms with Gasteiger partial charge in [0.15, 0.2) is 0 Å². The van der Waals surface area contributed by atoms with Crippen molar-refractivity contribution in [3.63, 3.8) is 0 Å². The van der Waals surface area contributed by atoms with Gasteiger partial charge in [-0.3, -0.25) is 0 Å². The molecule has 0 atom stereocenters. The average molecular weight is 935 g/mol. The molecule has 0 heterocycles. The summed E-state index contributed by atoms with van der Waals surface area (Å²) in [5, 5.41) is 20.0. The minimum absolute atomic E-state index is 1.20. The smallest absolute Gasteiger partial charge is 0.00139 e. The van der Waals surface area contributed by atoms with Crippen molar-refractivity contribution < 1.29 is 0 Å². The Morgan fingerprint density at radius 1 is 0.135 bits per heavy atom. The van der Waals surface area contributed by atoms with Gasteiger partial charge in [-0.1, -0.05) is 267 Å². The van der Waals surface area contributed by atoms with E-state index in [1.807, 2.05) is 0 Å². The van der Waals surface area contributed by atoms with E-state index in [-0.39, 0.29) is 0 Å². The molecule has 0 aliphatic rings. The van der Waals surface area contributed by atoms with E-state index >= 15 is 0 Å². The Hall–Kier alpha value is -9.62. The highest BCUT2D eigenvalue weighted by molar-refractivity contribution is 6.31. The fraction of sp³-hybridized carbons (Fsp3) is 0. The lowest BCUT2D eigenvalue weighted by molar-refractivity contribution is 1.62. The first-order chi connectivity index (χ1) is 36.8. The molecule has 0 aliphatic carbocycles. The third-order valence-electron chi connectivity index (χ3n) is 15.8. The highest BCUT2D eigenvalue weighted by Gasteiger charge is 2.24. The van der Waals surface area contributed by atoms with E-state index in [1.165, 1.54) is 153 Å². The molecule has 0 unspecified atom stereocenters. The van der Waals surface area contributed by atoms with Gasteiger partial charge in [0, 0.05) is 0 Å². The number of benzene rings is 15. The minimum atomic E-state index is 1.20. The van der Waals surface area contributed by atoms with Crippen LogP contribution >= 0.6 is 0 Å². The van der Waals surface area contributed by atoms with Crippen LogP contribution in [0.2, 0.25) is 0 Å². The molecule has 15 aromatic rings. The van der Waals surface area contributed by atoms with E-state index < -0.39 is 0 Å². The summed E-state index contributed by atoms with van der Waals surface area (Å²) in [6.45, 7) is 0. The fourth-order valence-corrected chi connectivity index (χ4v) is 12.7. The maximum absolute atomic E-state index is 2.42. The Morgan fingerprint density at radius 3 is 0.892 bits per heavy atom. The van der Waals surface area contributed by atoms with Crippen LogP contribution in [0.5, 0.6) is 0 Å². The highest BCUT2D eigenvalue weighted by atomic mass is 14.3. The molecule has 15 aromatic carbocycles. The topological polar surface area (TPSA) is 0 Å². The molecule has 0 saturated heterocycles. The number of fused-ring (bicyclic) bond motifs is 9. The molecule has 0 N–H and O–H groups in total.